The molecular weight excluding hydrogens is 322 g/mol. The zero-order valence-corrected chi connectivity index (χ0v) is 13.1. The molecule has 0 spiro atoms. The van der Waals surface area contributed by atoms with Crippen molar-refractivity contribution in [2.75, 3.05) is 13.7 Å². The van der Waals surface area contributed by atoms with Gasteiger partial charge < -0.3 is 9.84 Å². The highest BCUT2D eigenvalue weighted by Crippen LogP contribution is 2.31. The molecule has 1 unspecified atom stereocenters. The van der Waals surface area contributed by atoms with Crippen LogP contribution in [0, 0.1) is 0 Å². The highest BCUT2D eigenvalue weighted by Gasteiger charge is 2.42. The van der Waals surface area contributed by atoms with E-state index in [1.807, 2.05) is 24.3 Å². The number of aliphatic hydroxyl groups excluding tert-OH is 1. The van der Waals surface area contributed by atoms with E-state index >= 15 is 0 Å². The van der Waals surface area contributed by atoms with Crippen molar-refractivity contribution in [2.45, 2.75) is 37.3 Å². The zero-order chi connectivity index (χ0) is 14.6. The van der Waals surface area contributed by atoms with Crippen LogP contribution in [0.3, 0.4) is 0 Å². The number of hydrogen-bond donors (Lipinski definition) is 2. The van der Waals surface area contributed by atoms with Crippen LogP contribution in [0.15, 0.2) is 28.7 Å². The Labute approximate surface area is 127 Å². The lowest BCUT2D eigenvalue weighted by molar-refractivity contribution is -0.148. The maximum Gasteiger partial charge on any atom is 0.326 e. The van der Waals surface area contributed by atoms with Crippen LogP contribution in [-0.2, 0) is 9.53 Å². The van der Waals surface area contributed by atoms with Crippen molar-refractivity contribution in [2.24, 2.45) is 0 Å². The first-order valence-electron chi connectivity index (χ1n) is 6.84. The predicted octanol–water partition coefficient (Wildman–Crippen LogP) is 2.56. The lowest BCUT2D eigenvalue weighted by Gasteiger charge is -2.28. The molecule has 0 aromatic heterocycles. The number of ether oxygens (including phenoxy) is 1. The molecule has 1 aromatic rings. The van der Waals surface area contributed by atoms with E-state index < -0.39 is 11.6 Å². The van der Waals surface area contributed by atoms with Gasteiger partial charge in [0.15, 0.2) is 0 Å². The van der Waals surface area contributed by atoms with Gasteiger partial charge in [0, 0.05) is 11.0 Å². The summed E-state index contributed by atoms with van der Waals surface area (Å²) in [7, 11) is 1.41. The third-order valence-electron chi connectivity index (χ3n) is 3.92. The Morgan fingerprint density at radius 1 is 1.40 bits per heavy atom. The van der Waals surface area contributed by atoms with E-state index in [1.54, 1.807) is 0 Å². The van der Waals surface area contributed by atoms with Gasteiger partial charge in [0.2, 0.25) is 0 Å². The molecule has 2 rings (SSSR count). The summed E-state index contributed by atoms with van der Waals surface area (Å²) >= 11 is 3.37. The highest BCUT2D eigenvalue weighted by atomic mass is 79.9. The van der Waals surface area contributed by atoms with Crippen molar-refractivity contribution < 1.29 is 14.6 Å². The van der Waals surface area contributed by atoms with E-state index in [9.17, 15) is 9.90 Å². The van der Waals surface area contributed by atoms with Crippen LogP contribution in [0.25, 0.3) is 0 Å². The van der Waals surface area contributed by atoms with E-state index in [-0.39, 0.29) is 5.97 Å². The van der Waals surface area contributed by atoms with Gasteiger partial charge in [-0.3, -0.25) is 10.1 Å². The molecule has 0 heterocycles. The van der Waals surface area contributed by atoms with Crippen LogP contribution in [0.1, 0.15) is 37.4 Å². The van der Waals surface area contributed by atoms with Gasteiger partial charge in [0.1, 0.15) is 5.54 Å². The number of carbonyl (C=O) groups is 1. The number of carbonyl (C=O) groups excluding carboxylic acids is 1. The largest absolute Gasteiger partial charge is 0.468 e. The second-order valence-corrected chi connectivity index (χ2v) is 6.14. The SMILES string of the molecule is COC(=O)C1(NCC(O)c2ccc(Br)cc2)CCCC1. The summed E-state index contributed by atoms with van der Waals surface area (Å²) in [6.45, 7) is 0.344. The molecule has 5 heteroatoms. The predicted molar refractivity (Wildman–Crippen MR) is 80.3 cm³/mol. The first-order valence-corrected chi connectivity index (χ1v) is 7.64. The van der Waals surface area contributed by atoms with Gasteiger partial charge in [-0.25, -0.2) is 0 Å². The summed E-state index contributed by atoms with van der Waals surface area (Å²) < 4.78 is 5.88. The molecule has 0 amide bonds. The Balaban J connectivity index is 1.99. The normalized spacial score (nSPS) is 18.8. The number of methoxy groups -OCH3 is 1. The van der Waals surface area contributed by atoms with E-state index in [1.165, 1.54) is 7.11 Å². The Kier molecular flexibility index (Phi) is 5.18. The minimum Gasteiger partial charge on any atom is -0.468 e. The third-order valence-corrected chi connectivity index (χ3v) is 4.45. The Hall–Kier alpha value is -0.910. The van der Waals surface area contributed by atoms with Crippen molar-refractivity contribution >= 4 is 21.9 Å². The average molecular weight is 342 g/mol. The fourth-order valence-electron chi connectivity index (χ4n) is 2.72. The lowest BCUT2D eigenvalue weighted by Crippen LogP contribution is -2.51. The molecule has 1 saturated carbocycles. The first-order chi connectivity index (χ1) is 9.57. The summed E-state index contributed by atoms with van der Waals surface area (Å²) in [5.41, 5.74) is 0.212. The molecule has 1 fully saturated rings. The van der Waals surface area contributed by atoms with Crippen molar-refractivity contribution in [3.8, 4) is 0 Å². The molecule has 1 atom stereocenters. The molecule has 0 radical (unpaired) electrons. The molecule has 0 saturated heterocycles. The number of β-amino-alcohol motifs (C(OH)–C–C–N with tert-alkyl or cyclic N) is 1. The van der Waals surface area contributed by atoms with Gasteiger partial charge >= 0.3 is 5.97 Å². The summed E-state index contributed by atoms with van der Waals surface area (Å²) in [5, 5.41) is 13.4. The molecular formula is C15H20BrNO3. The summed E-state index contributed by atoms with van der Waals surface area (Å²) in [6.07, 6.45) is 2.93. The van der Waals surface area contributed by atoms with E-state index in [0.717, 1.165) is 35.7 Å². The number of benzene rings is 1. The first kappa shape index (κ1) is 15.5. The molecule has 1 aromatic carbocycles. The summed E-state index contributed by atoms with van der Waals surface area (Å²) in [5.74, 6) is -0.224. The molecule has 2 N–H and O–H groups in total. The standard InChI is InChI=1S/C15H20BrNO3/c1-20-14(19)15(8-2-3-9-15)17-10-13(18)11-4-6-12(16)7-5-11/h4-7,13,17-18H,2-3,8-10H2,1H3. The number of aliphatic hydroxyl groups is 1. The third kappa shape index (κ3) is 3.40. The minimum atomic E-state index is -0.634. The molecule has 20 heavy (non-hydrogen) atoms. The number of esters is 1. The number of hydrogen-bond acceptors (Lipinski definition) is 4. The van der Waals surface area contributed by atoms with Crippen molar-refractivity contribution in [3.05, 3.63) is 34.3 Å². The number of rotatable bonds is 5. The fraction of sp³-hybridized carbons (Fsp3) is 0.533. The van der Waals surface area contributed by atoms with Gasteiger partial charge in [-0.1, -0.05) is 40.9 Å². The second-order valence-electron chi connectivity index (χ2n) is 5.23. The van der Waals surface area contributed by atoms with Crippen molar-refractivity contribution in [1.82, 2.24) is 5.32 Å². The zero-order valence-electron chi connectivity index (χ0n) is 11.6. The average Bonchev–Trinajstić information content (AvgIpc) is 2.95. The molecule has 1 aliphatic rings. The van der Waals surface area contributed by atoms with Gasteiger partial charge in [-0.2, -0.15) is 0 Å². The monoisotopic (exact) mass is 341 g/mol. The molecule has 0 aliphatic heterocycles. The van der Waals surface area contributed by atoms with Crippen molar-refractivity contribution in [3.63, 3.8) is 0 Å². The van der Waals surface area contributed by atoms with Crippen LogP contribution in [0.5, 0.6) is 0 Å². The molecule has 0 bridgehead atoms. The van der Waals surface area contributed by atoms with Gasteiger partial charge in [0.05, 0.1) is 13.2 Å². The topological polar surface area (TPSA) is 58.6 Å². The van der Waals surface area contributed by atoms with Crippen LogP contribution in [-0.4, -0.2) is 30.3 Å². The number of halogens is 1. The fourth-order valence-corrected chi connectivity index (χ4v) is 2.99. The van der Waals surface area contributed by atoms with Crippen LogP contribution < -0.4 is 5.32 Å². The van der Waals surface area contributed by atoms with Crippen LogP contribution in [0.2, 0.25) is 0 Å². The van der Waals surface area contributed by atoms with Gasteiger partial charge in [-0.05, 0) is 30.5 Å². The maximum absolute atomic E-state index is 12.0. The second kappa shape index (κ2) is 6.70. The summed E-state index contributed by atoms with van der Waals surface area (Å²) in [6, 6.07) is 7.53. The highest BCUT2D eigenvalue weighted by molar-refractivity contribution is 9.10. The van der Waals surface area contributed by atoms with Gasteiger partial charge in [-0.15, -0.1) is 0 Å². The molecule has 1 aliphatic carbocycles. The van der Waals surface area contributed by atoms with E-state index in [4.69, 9.17) is 4.74 Å². The van der Waals surface area contributed by atoms with Crippen LogP contribution >= 0.6 is 15.9 Å². The number of nitrogens with one attached hydrogen (secondary N) is 1. The molecule has 4 nitrogen and oxygen atoms in total. The Morgan fingerprint density at radius 2 is 2.00 bits per heavy atom. The quantitative estimate of drug-likeness (QED) is 0.808. The minimum absolute atomic E-state index is 0.224. The summed E-state index contributed by atoms with van der Waals surface area (Å²) in [4.78, 5) is 12.0. The lowest BCUT2D eigenvalue weighted by atomic mass is 9.97. The van der Waals surface area contributed by atoms with E-state index in [2.05, 4.69) is 21.2 Å². The van der Waals surface area contributed by atoms with Crippen molar-refractivity contribution in [1.29, 1.82) is 0 Å². The van der Waals surface area contributed by atoms with Gasteiger partial charge in [0.25, 0.3) is 0 Å². The smallest absolute Gasteiger partial charge is 0.326 e. The van der Waals surface area contributed by atoms with E-state index in [0.29, 0.717) is 6.54 Å². The Morgan fingerprint density at radius 3 is 2.55 bits per heavy atom. The Bertz CT molecular complexity index is 455. The maximum atomic E-state index is 12.0. The molecule has 110 valence electrons. The van der Waals surface area contributed by atoms with Crippen LogP contribution in [0.4, 0.5) is 0 Å².